The lowest BCUT2D eigenvalue weighted by molar-refractivity contribution is 0.356. The SMILES string of the molecule is CCN(CC)c1c(S(=O)O)cnc2cc(OC)c(OC)cc12. The van der Waals surface area contributed by atoms with Crippen molar-refractivity contribution in [3.8, 4) is 11.5 Å². The van der Waals surface area contributed by atoms with E-state index in [0.29, 0.717) is 40.7 Å². The molecule has 2 rings (SSSR count). The van der Waals surface area contributed by atoms with Crippen molar-refractivity contribution in [2.45, 2.75) is 18.7 Å². The smallest absolute Gasteiger partial charge is 0.190 e. The summed E-state index contributed by atoms with van der Waals surface area (Å²) in [6, 6.07) is 3.57. The van der Waals surface area contributed by atoms with Gasteiger partial charge in [0.05, 0.1) is 25.4 Å². The molecular formula is C15H20N2O4S. The highest BCUT2D eigenvalue weighted by Gasteiger charge is 2.19. The van der Waals surface area contributed by atoms with E-state index in [1.165, 1.54) is 6.20 Å². The Morgan fingerprint density at radius 1 is 1.18 bits per heavy atom. The number of nitrogens with zero attached hydrogens (tertiary/aromatic N) is 2. The number of methoxy groups -OCH3 is 2. The third-order valence-electron chi connectivity index (χ3n) is 3.58. The van der Waals surface area contributed by atoms with Crippen LogP contribution in [0.25, 0.3) is 10.9 Å². The molecule has 0 aliphatic heterocycles. The van der Waals surface area contributed by atoms with Crippen LogP contribution in [0, 0.1) is 0 Å². The highest BCUT2D eigenvalue weighted by molar-refractivity contribution is 7.79. The van der Waals surface area contributed by atoms with E-state index >= 15 is 0 Å². The first-order valence-electron chi connectivity index (χ1n) is 6.97. The zero-order chi connectivity index (χ0) is 16.3. The van der Waals surface area contributed by atoms with E-state index in [1.54, 1.807) is 26.4 Å². The van der Waals surface area contributed by atoms with Crippen molar-refractivity contribution in [1.82, 2.24) is 4.98 Å². The molecule has 0 spiro atoms. The van der Waals surface area contributed by atoms with E-state index in [0.717, 1.165) is 5.39 Å². The van der Waals surface area contributed by atoms with Crippen LogP contribution in [0.4, 0.5) is 5.69 Å². The van der Waals surface area contributed by atoms with Crippen LogP contribution >= 0.6 is 0 Å². The molecule has 0 fully saturated rings. The van der Waals surface area contributed by atoms with Gasteiger partial charge in [-0.2, -0.15) is 0 Å². The lowest BCUT2D eigenvalue weighted by Gasteiger charge is -2.25. The summed E-state index contributed by atoms with van der Waals surface area (Å²) in [5, 5.41) is 0.765. The minimum atomic E-state index is -2.11. The molecule has 0 saturated carbocycles. The molecule has 2 aromatic rings. The van der Waals surface area contributed by atoms with Crippen molar-refractivity contribution in [2.75, 3.05) is 32.2 Å². The molecule has 0 saturated heterocycles. The molecule has 1 heterocycles. The molecule has 7 heteroatoms. The summed E-state index contributed by atoms with van der Waals surface area (Å²) >= 11 is -2.11. The Bertz CT molecular complexity index is 701. The van der Waals surface area contributed by atoms with Crippen LogP contribution in [0.5, 0.6) is 11.5 Å². The fraction of sp³-hybridized carbons (Fsp3) is 0.400. The largest absolute Gasteiger partial charge is 0.493 e. The Hall–Kier alpha value is -1.86. The average Bonchev–Trinajstić information content (AvgIpc) is 2.54. The summed E-state index contributed by atoms with van der Waals surface area (Å²) in [4.78, 5) is 6.60. The number of anilines is 1. The third kappa shape index (κ3) is 2.86. The number of aromatic nitrogens is 1. The van der Waals surface area contributed by atoms with Gasteiger partial charge in [0.2, 0.25) is 0 Å². The number of pyridine rings is 1. The van der Waals surface area contributed by atoms with E-state index in [1.807, 2.05) is 18.7 Å². The van der Waals surface area contributed by atoms with Crippen molar-refractivity contribution in [3.63, 3.8) is 0 Å². The van der Waals surface area contributed by atoms with Gasteiger partial charge in [-0.3, -0.25) is 4.98 Å². The number of fused-ring (bicyclic) bond motifs is 1. The van der Waals surface area contributed by atoms with Crippen LogP contribution in [-0.4, -0.2) is 41.1 Å². The van der Waals surface area contributed by atoms with Gasteiger partial charge in [-0.15, -0.1) is 0 Å². The van der Waals surface area contributed by atoms with Crippen molar-refractivity contribution in [2.24, 2.45) is 0 Å². The van der Waals surface area contributed by atoms with Crippen molar-refractivity contribution >= 4 is 27.7 Å². The Kier molecular flexibility index (Phi) is 5.20. The Morgan fingerprint density at radius 3 is 2.27 bits per heavy atom. The maximum atomic E-state index is 11.7. The van der Waals surface area contributed by atoms with Crippen molar-refractivity contribution < 1.29 is 18.2 Å². The molecule has 1 atom stereocenters. The van der Waals surface area contributed by atoms with E-state index in [-0.39, 0.29) is 0 Å². The lowest BCUT2D eigenvalue weighted by Crippen LogP contribution is -2.24. The molecule has 1 aromatic carbocycles. The number of benzene rings is 1. The summed E-state index contributed by atoms with van der Waals surface area (Å²) in [5.41, 5.74) is 1.39. The second-order valence-electron chi connectivity index (χ2n) is 4.62. The first kappa shape index (κ1) is 16.5. The van der Waals surface area contributed by atoms with E-state index < -0.39 is 11.1 Å². The zero-order valence-electron chi connectivity index (χ0n) is 13.1. The Balaban J connectivity index is 2.84. The molecular weight excluding hydrogens is 304 g/mol. The molecule has 0 bridgehead atoms. The number of rotatable bonds is 6. The van der Waals surface area contributed by atoms with Crippen LogP contribution in [0.15, 0.2) is 23.2 Å². The Morgan fingerprint density at radius 2 is 1.77 bits per heavy atom. The highest BCUT2D eigenvalue weighted by Crippen LogP contribution is 2.38. The number of hydrogen-bond donors (Lipinski definition) is 1. The predicted octanol–water partition coefficient (Wildman–Crippen LogP) is 2.68. The van der Waals surface area contributed by atoms with Gasteiger partial charge in [-0.05, 0) is 19.9 Å². The van der Waals surface area contributed by atoms with E-state index in [4.69, 9.17) is 9.47 Å². The molecule has 22 heavy (non-hydrogen) atoms. The van der Waals surface area contributed by atoms with Crippen molar-refractivity contribution in [1.29, 1.82) is 0 Å². The maximum absolute atomic E-state index is 11.7. The van der Waals surface area contributed by atoms with Gasteiger partial charge >= 0.3 is 0 Å². The van der Waals surface area contributed by atoms with E-state index in [9.17, 15) is 8.76 Å². The molecule has 120 valence electrons. The normalized spacial score (nSPS) is 12.2. The Labute approximate surface area is 132 Å². The lowest BCUT2D eigenvalue weighted by atomic mass is 10.1. The highest BCUT2D eigenvalue weighted by atomic mass is 32.2. The van der Waals surface area contributed by atoms with Crippen LogP contribution in [0.1, 0.15) is 13.8 Å². The molecule has 0 aliphatic rings. The molecule has 1 unspecified atom stereocenters. The molecule has 0 amide bonds. The molecule has 1 aromatic heterocycles. The first-order chi connectivity index (χ1) is 10.6. The fourth-order valence-corrected chi connectivity index (χ4v) is 3.03. The van der Waals surface area contributed by atoms with Gasteiger partial charge in [0.1, 0.15) is 4.90 Å². The maximum Gasteiger partial charge on any atom is 0.190 e. The van der Waals surface area contributed by atoms with Gasteiger partial charge in [0, 0.05) is 30.7 Å². The van der Waals surface area contributed by atoms with Crippen LogP contribution in [0.3, 0.4) is 0 Å². The second-order valence-corrected chi connectivity index (χ2v) is 5.55. The number of hydrogen-bond acceptors (Lipinski definition) is 5. The summed E-state index contributed by atoms with van der Waals surface area (Å²) in [7, 11) is 3.12. The minimum absolute atomic E-state index is 0.295. The van der Waals surface area contributed by atoms with Gasteiger partial charge in [-0.25, -0.2) is 4.21 Å². The monoisotopic (exact) mass is 324 g/mol. The van der Waals surface area contributed by atoms with E-state index in [2.05, 4.69) is 4.98 Å². The predicted molar refractivity (Wildman–Crippen MR) is 87.4 cm³/mol. The first-order valence-corrected chi connectivity index (χ1v) is 8.08. The van der Waals surface area contributed by atoms with Crippen LogP contribution < -0.4 is 14.4 Å². The van der Waals surface area contributed by atoms with Gasteiger partial charge in [0.15, 0.2) is 22.6 Å². The summed E-state index contributed by atoms with van der Waals surface area (Å²) in [5.74, 6) is 1.14. The fourth-order valence-electron chi connectivity index (χ4n) is 2.48. The summed E-state index contributed by atoms with van der Waals surface area (Å²) < 4.78 is 31.9. The van der Waals surface area contributed by atoms with Gasteiger partial charge in [0.25, 0.3) is 0 Å². The molecule has 0 radical (unpaired) electrons. The molecule has 6 nitrogen and oxygen atoms in total. The quantitative estimate of drug-likeness (QED) is 0.824. The summed E-state index contributed by atoms with van der Waals surface area (Å²) in [6.45, 7) is 5.43. The summed E-state index contributed by atoms with van der Waals surface area (Å²) in [6.07, 6.45) is 1.44. The molecule has 1 N–H and O–H groups in total. The third-order valence-corrected chi connectivity index (χ3v) is 4.25. The van der Waals surface area contributed by atoms with Gasteiger partial charge in [-0.1, -0.05) is 0 Å². The average molecular weight is 324 g/mol. The molecule has 0 aliphatic carbocycles. The zero-order valence-corrected chi connectivity index (χ0v) is 13.9. The van der Waals surface area contributed by atoms with Crippen LogP contribution in [-0.2, 0) is 11.1 Å². The number of ether oxygens (including phenoxy) is 2. The standard InChI is InChI=1S/C15H20N2O4S/c1-5-17(6-2)15-10-7-12(20-3)13(21-4)8-11(10)16-9-14(15)22(18)19/h7-9H,5-6H2,1-4H3,(H,18,19). The topological polar surface area (TPSA) is 71.9 Å². The second kappa shape index (κ2) is 6.93. The van der Waals surface area contributed by atoms with Crippen molar-refractivity contribution in [3.05, 3.63) is 18.3 Å². The minimum Gasteiger partial charge on any atom is -0.493 e. The van der Waals surface area contributed by atoms with Crippen LogP contribution in [0.2, 0.25) is 0 Å². The van der Waals surface area contributed by atoms with Gasteiger partial charge < -0.3 is 18.9 Å².